The van der Waals surface area contributed by atoms with Crippen molar-refractivity contribution in [3.63, 3.8) is 0 Å². The van der Waals surface area contributed by atoms with Crippen molar-refractivity contribution in [2.24, 2.45) is 5.92 Å². The molecule has 156 valence electrons. The first-order chi connectivity index (χ1) is 13.5. The van der Waals surface area contributed by atoms with Crippen LogP contribution in [0.2, 0.25) is 0 Å². The SMILES string of the molecule is CCC(C)C(NS(=O)(=O)c1ccc2oc3ccccc3c2c1)C(=O)OC(C)(C)C. The fraction of sp³-hybridized carbons (Fsp3) is 0.409. The van der Waals surface area contributed by atoms with E-state index in [2.05, 4.69) is 4.72 Å². The molecule has 0 aliphatic heterocycles. The number of carbonyl (C=O) groups is 1. The molecule has 1 aromatic heterocycles. The van der Waals surface area contributed by atoms with E-state index in [0.29, 0.717) is 23.0 Å². The van der Waals surface area contributed by atoms with E-state index in [-0.39, 0.29) is 10.8 Å². The van der Waals surface area contributed by atoms with E-state index in [9.17, 15) is 13.2 Å². The predicted octanol–water partition coefficient (Wildman–Crippen LogP) is 4.62. The summed E-state index contributed by atoms with van der Waals surface area (Å²) in [5.41, 5.74) is 0.593. The number of furan rings is 1. The molecule has 3 rings (SSSR count). The van der Waals surface area contributed by atoms with E-state index in [1.54, 1.807) is 32.9 Å². The van der Waals surface area contributed by atoms with Gasteiger partial charge in [-0.2, -0.15) is 4.72 Å². The fourth-order valence-electron chi connectivity index (χ4n) is 3.11. The molecule has 0 saturated heterocycles. The van der Waals surface area contributed by atoms with Crippen LogP contribution >= 0.6 is 0 Å². The first-order valence-electron chi connectivity index (χ1n) is 9.68. The van der Waals surface area contributed by atoms with Crippen LogP contribution in [0.15, 0.2) is 51.8 Å². The number of rotatable bonds is 6. The topological polar surface area (TPSA) is 85.6 Å². The number of para-hydroxylation sites is 1. The summed E-state index contributed by atoms with van der Waals surface area (Å²) in [5.74, 6) is -0.802. The third kappa shape index (κ3) is 4.62. The zero-order chi connectivity index (χ0) is 21.4. The highest BCUT2D eigenvalue weighted by Gasteiger charge is 2.33. The molecule has 3 aromatic rings. The first-order valence-corrected chi connectivity index (χ1v) is 11.2. The van der Waals surface area contributed by atoms with Crippen molar-refractivity contribution < 1.29 is 22.4 Å². The van der Waals surface area contributed by atoms with Crippen LogP contribution in [0.4, 0.5) is 0 Å². The van der Waals surface area contributed by atoms with Crippen LogP contribution in [0, 0.1) is 5.92 Å². The van der Waals surface area contributed by atoms with Crippen LogP contribution < -0.4 is 4.72 Å². The fourth-order valence-corrected chi connectivity index (χ4v) is 4.42. The maximum absolute atomic E-state index is 13.1. The second-order valence-corrected chi connectivity index (χ2v) is 9.99. The van der Waals surface area contributed by atoms with Crippen molar-refractivity contribution in [1.82, 2.24) is 4.72 Å². The van der Waals surface area contributed by atoms with Crippen LogP contribution in [0.1, 0.15) is 41.0 Å². The number of hydrogen-bond donors (Lipinski definition) is 1. The smallest absolute Gasteiger partial charge is 0.324 e. The van der Waals surface area contributed by atoms with Gasteiger partial charge in [-0.15, -0.1) is 0 Å². The standard InChI is InChI=1S/C22H27NO5S/c1-6-14(2)20(21(24)28-22(3,4)5)23-29(25,26)15-11-12-19-17(13-15)16-9-7-8-10-18(16)27-19/h7-14,20,23H,6H2,1-5H3. The van der Waals surface area contributed by atoms with E-state index in [0.717, 1.165) is 5.39 Å². The van der Waals surface area contributed by atoms with Crippen LogP contribution in [-0.2, 0) is 19.6 Å². The Morgan fingerprint density at radius 3 is 2.41 bits per heavy atom. The van der Waals surface area contributed by atoms with Gasteiger partial charge in [0.15, 0.2) is 0 Å². The lowest BCUT2D eigenvalue weighted by atomic mass is 10.00. The quantitative estimate of drug-likeness (QED) is 0.592. The maximum atomic E-state index is 13.1. The average molecular weight is 418 g/mol. The van der Waals surface area contributed by atoms with Crippen molar-refractivity contribution in [2.45, 2.75) is 57.6 Å². The van der Waals surface area contributed by atoms with E-state index in [1.807, 2.05) is 38.1 Å². The summed E-state index contributed by atoms with van der Waals surface area (Å²) >= 11 is 0. The molecule has 0 amide bonds. The normalized spacial score (nSPS) is 14.8. The molecule has 0 fully saturated rings. The van der Waals surface area contributed by atoms with Crippen LogP contribution in [0.3, 0.4) is 0 Å². The minimum absolute atomic E-state index is 0.0772. The van der Waals surface area contributed by atoms with Gasteiger partial charge in [-0.05, 0) is 51.0 Å². The van der Waals surface area contributed by atoms with Crippen molar-refractivity contribution in [2.75, 3.05) is 0 Å². The molecule has 0 saturated carbocycles. The second kappa shape index (κ2) is 7.80. The molecule has 0 bridgehead atoms. The predicted molar refractivity (Wildman–Crippen MR) is 113 cm³/mol. The molecule has 1 N–H and O–H groups in total. The van der Waals surface area contributed by atoms with Gasteiger partial charge in [-0.3, -0.25) is 4.79 Å². The van der Waals surface area contributed by atoms with Gasteiger partial charge in [0.2, 0.25) is 10.0 Å². The van der Waals surface area contributed by atoms with Gasteiger partial charge in [0.05, 0.1) is 4.90 Å². The van der Waals surface area contributed by atoms with Gasteiger partial charge >= 0.3 is 5.97 Å². The van der Waals surface area contributed by atoms with E-state index >= 15 is 0 Å². The zero-order valence-electron chi connectivity index (χ0n) is 17.4. The third-order valence-corrected chi connectivity index (χ3v) is 6.25. The Hall–Kier alpha value is -2.38. The monoisotopic (exact) mass is 417 g/mol. The highest BCUT2D eigenvalue weighted by Crippen LogP contribution is 2.30. The van der Waals surface area contributed by atoms with Crippen molar-refractivity contribution in [3.8, 4) is 0 Å². The summed E-state index contributed by atoms with van der Waals surface area (Å²) in [6.45, 7) is 8.99. The molecule has 29 heavy (non-hydrogen) atoms. The summed E-state index contributed by atoms with van der Waals surface area (Å²) in [5, 5.41) is 1.55. The average Bonchev–Trinajstić information content (AvgIpc) is 3.02. The highest BCUT2D eigenvalue weighted by molar-refractivity contribution is 7.89. The number of nitrogens with one attached hydrogen (secondary N) is 1. The zero-order valence-corrected chi connectivity index (χ0v) is 18.2. The van der Waals surface area contributed by atoms with Gasteiger partial charge in [0, 0.05) is 10.8 Å². The summed E-state index contributed by atoms with van der Waals surface area (Å²) in [7, 11) is -3.95. The van der Waals surface area contributed by atoms with Gasteiger partial charge < -0.3 is 9.15 Å². The molecule has 2 unspecified atom stereocenters. The minimum atomic E-state index is -3.95. The van der Waals surface area contributed by atoms with Gasteiger partial charge in [0.1, 0.15) is 22.8 Å². The number of fused-ring (bicyclic) bond motifs is 3. The summed E-state index contributed by atoms with van der Waals surface area (Å²) < 4.78 is 39.9. The Bertz CT molecular complexity index is 1140. The lowest BCUT2D eigenvalue weighted by molar-refractivity contribution is -0.158. The molecular formula is C22H27NO5S. The van der Waals surface area contributed by atoms with E-state index in [4.69, 9.17) is 9.15 Å². The van der Waals surface area contributed by atoms with Gasteiger partial charge in [-0.25, -0.2) is 8.42 Å². The molecule has 0 aliphatic rings. The molecule has 2 aromatic carbocycles. The molecule has 0 spiro atoms. The number of sulfonamides is 1. The number of hydrogen-bond acceptors (Lipinski definition) is 5. The molecule has 0 radical (unpaired) electrons. The first kappa shape index (κ1) is 21.3. The van der Waals surface area contributed by atoms with Gasteiger partial charge in [0.25, 0.3) is 0 Å². The van der Waals surface area contributed by atoms with Crippen LogP contribution in [0.5, 0.6) is 0 Å². The van der Waals surface area contributed by atoms with E-state index in [1.165, 1.54) is 6.07 Å². The van der Waals surface area contributed by atoms with Crippen molar-refractivity contribution in [1.29, 1.82) is 0 Å². The Morgan fingerprint density at radius 1 is 1.10 bits per heavy atom. The Morgan fingerprint density at radius 2 is 1.76 bits per heavy atom. The third-order valence-electron chi connectivity index (χ3n) is 4.81. The molecular weight excluding hydrogens is 390 g/mol. The summed E-state index contributed by atoms with van der Waals surface area (Å²) in [6.07, 6.45) is 0.623. The summed E-state index contributed by atoms with van der Waals surface area (Å²) in [4.78, 5) is 12.7. The van der Waals surface area contributed by atoms with Crippen molar-refractivity contribution in [3.05, 3.63) is 42.5 Å². The molecule has 2 atom stereocenters. The largest absolute Gasteiger partial charge is 0.459 e. The number of esters is 1. The summed E-state index contributed by atoms with van der Waals surface area (Å²) in [6, 6.07) is 11.2. The molecule has 7 heteroatoms. The second-order valence-electron chi connectivity index (χ2n) is 8.27. The molecule has 6 nitrogen and oxygen atoms in total. The van der Waals surface area contributed by atoms with Gasteiger partial charge in [-0.1, -0.05) is 38.5 Å². The highest BCUT2D eigenvalue weighted by atomic mass is 32.2. The lowest BCUT2D eigenvalue weighted by Crippen LogP contribution is -2.47. The van der Waals surface area contributed by atoms with Crippen molar-refractivity contribution >= 4 is 37.9 Å². The number of carbonyl (C=O) groups excluding carboxylic acids is 1. The molecule has 0 aliphatic carbocycles. The Balaban J connectivity index is 1.97. The number of benzene rings is 2. The van der Waals surface area contributed by atoms with Crippen LogP contribution in [0.25, 0.3) is 21.9 Å². The molecule has 1 heterocycles. The van der Waals surface area contributed by atoms with E-state index < -0.39 is 27.6 Å². The lowest BCUT2D eigenvalue weighted by Gasteiger charge is -2.27. The van der Waals surface area contributed by atoms with Crippen LogP contribution in [-0.4, -0.2) is 26.0 Å². The maximum Gasteiger partial charge on any atom is 0.324 e. The minimum Gasteiger partial charge on any atom is -0.459 e. The Labute approximate surface area is 171 Å². The number of ether oxygens (including phenoxy) is 1. The Kier molecular flexibility index (Phi) is 5.74.